The molecule has 1 aliphatic rings. The average Bonchev–Trinajstić information content (AvgIpc) is 2.49. The van der Waals surface area contributed by atoms with E-state index in [0.717, 1.165) is 0 Å². The van der Waals surface area contributed by atoms with Crippen LogP contribution in [-0.2, 0) is 10.0 Å². The Bertz CT molecular complexity index is 795. The topological polar surface area (TPSA) is 46.6 Å². The molecular weight excluding hydrogens is 378 g/mol. The number of para-hydroxylation sites is 2. The molecule has 0 aliphatic carbocycles. The number of sulfonamides is 1. The fraction of sp³-hybridized carbons (Fsp3) is 0.143. The predicted molar refractivity (Wildman–Crippen MR) is 85.6 cm³/mol. The van der Waals surface area contributed by atoms with Gasteiger partial charge in [-0.15, -0.1) is 0 Å². The number of halogens is 2. The van der Waals surface area contributed by atoms with Crippen LogP contribution in [0.5, 0.6) is 5.75 Å². The molecule has 110 valence electrons. The predicted octanol–water partition coefficient (Wildman–Crippen LogP) is 3.69. The number of ether oxygens (including phenoxy) is 1. The summed E-state index contributed by atoms with van der Waals surface area (Å²) in [5.74, 6) is 0.570. The molecule has 0 radical (unpaired) electrons. The van der Waals surface area contributed by atoms with E-state index in [1.54, 1.807) is 24.3 Å². The van der Waals surface area contributed by atoms with E-state index in [1.807, 2.05) is 6.07 Å². The Morgan fingerprint density at radius 3 is 2.71 bits per heavy atom. The van der Waals surface area contributed by atoms with Gasteiger partial charge in [-0.2, -0.15) is 0 Å². The quantitative estimate of drug-likeness (QED) is 0.788. The largest absolute Gasteiger partial charge is 0.489 e. The maximum Gasteiger partial charge on any atom is 0.264 e. The minimum atomic E-state index is -3.65. The second kappa shape index (κ2) is 5.51. The van der Waals surface area contributed by atoms with Gasteiger partial charge in [-0.3, -0.25) is 4.31 Å². The first kappa shape index (κ1) is 14.7. The van der Waals surface area contributed by atoms with Crippen molar-refractivity contribution in [3.05, 3.63) is 52.0 Å². The Kier molecular flexibility index (Phi) is 3.86. The molecule has 0 fully saturated rings. The number of hydrogen-bond acceptors (Lipinski definition) is 3. The van der Waals surface area contributed by atoms with Gasteiger partial charge in [0.2, 0.25) is 0 Å². The fourth-order valence-electron chi connectivity index (χ4n) is 2.16. The van der Waals surface area contributed by atoms with Crippen molar-refractivity contribution in [1.29, 1.82) is 0 Å². The van der Waals surface area contributed by atoms with E-state index in [4.69, 9.17) is 16.3 Å². The van der Waals surface area contributed by atoms with Crippen molar-refractivity contribution in [2.75, 3.05) is 17.5 Å². The van der Waals surface area contributed by atoms with E-state index in [-0.39, 0.29) is 11.4 Å². The smallest absolute Gasteiger partial charge is 0.264 e. The van der Waals surface area contributed by atoms with Crippen LogP contribution in [0.2, 0.25) is 5.02 Å². The number of fused-ring (bicyclic) bond motifs is 1. The molecule has 2 aromatic rings. The number of anilines is 1. The van der Waals surface area contributed by atoms with E-state index in [2.05, 4.69) is 15.9 Å². The highest BCUT2D eigenvalue weighted by atomic mass is 79.9. The zero-order valence-electron chi connectivity index (χ0n) is 10.8. The van der Waals surface area contributed by atoms with Crippen molar-refractivity contribution in [1.82, 2.24) is 0 Å². The Balaban J connectivity index is 2.09. The number of benzene rings is 2. The van der Waals surface area contributed by atoms with Crippen LogP contribution in [0.3, 0.4) is 0 Å². The lowest BCUT2D eigenvalue weighted by Gasteiger charge is -2.30. The van der Waals surface area contributed by atoms with Gasteiger partial charge in [0.1, 0.15) is 12.4 Å². The summed E-state index contributed by atoms with van der Waals surface area (Å²) in [7, 11) is -3.65. The van der Waals surface area contributed by atoms with Crippen LogP contribution in [0.1, 0.15) is 0 Å². The van der Waals surface area contributed by atoms with Gasteiger partial charge in [0.15, 0.2) is 0 Å². The van der Waals surface area contributed by atoms with E-state index in [9.17, 15) is 8.42 Å². The van der Waals surface area contributed by atoms with Crippen molar-refractivity contribution < 1.29 is 13.2 Å². The molecule has 1 heterocycles. The van der Waals surface area contributed by atoms with Gasteiger partial charge in [-0.25, -0.2) is 8.42 Å². The molecule has 7 heteroatoms. The summed E-state index contributed by atoms with van der Waals surface area (Å²) in [5.41, 5.74) is 0.551. The third kappa shape index (κ3) is 2.63. The van der Waals surface area contributed by atoms with Crippen molar-refractivity contribution in [2.45, 2.75) is 4.90 Å². The standard InChI is InChI=1S/C14H11BrClNO3S/c15-11-9-10(5-6-12(11)16)21(18,19)17-7-8-20-14-4-2-1-3-13(14)17/h1-6,9H,7-8H2. The van der Waals surface area contributed by atoms with E-state index < -0.39 is 10.0 Å². The molecule has 0 saturated heterocycles. The van der Waals surface area contributed by atoms with E-state index in [1.165, 1.54) is 16.4 Å². The van der Waals surface area contributed by atoms with Crippen LogP contribution in [0.25, 0.3) is 0 Å². The van der Waals surface area contributed by atoms with Crippen LogP contribution in [0, 0.1) is 0 Å². The van der Waals surface area contributed by atoms with Gasteiger partial charge in [0.25, 0.3) is 10.0 Å². The lowest BCUT2D eigenvalue weighted by atomic mass is 10.2. The van der Waals surface area contributed by atoms with Crippen molar-refractivity contribution in [3.8, 4) is 5.75 Å². The molecule has 0 aromatic heterocycles. The minimum absolute atomic E-state index is 0.190. The second-order valence-electron chi connectivity index (χ2n) is 4.47. The average molecular weight is 389 g/mol. The van der Waals surface area contributed by atoms with Crippen LogP contribution < -0.4 is 9.04 Å². The maximum absolute atomic E-state index is 12.8. The molecule has 0 unspecified atom stereocenters. The molecule has 0 bridgehead atoms. The zero-order chi connectivity index (χ0) is 15.0. The highest BCUT2D eigenvalue weighted by Gasteiger charge is 2.30. The second-order valence-corrected chi connectivity index (χ2v) is 7.59. The number of hydrogen-bond donors (Lipinski definition) is 0. The molecule has 3 rings (SSSR count). The third-order valence-corrected chi connectivity index (χ3v) is 6.19. The highest BCUT2D eigenvalue weighted by molar-refractivity contribution is 9.10. The first-order valence-electron chi connectivity index (χ1n) is 6.20. The Morgan fingerprint density at radius 2 is 1.95 bits per heavy atom. The van der Waals surface area contributed by atoms with Crippen LogP contribution >= 0.6 is 27.5 Å². The first-order chi connectivity index (χ1) is 10.00. The maximum atomic E-state index is 12.8. The molecule has 0 N–H and O–H groups in total. The fourth-order valence-corrected chi connectivity index (χ4v) is 4.29. The summed E-state index contributed by atoms with van der Waals surface area (Å²) >= 11 is 9.18. The van der Waals surface area contributed by atoms with Gasteiger partial charge in [0, 0.05) is 4.47 Å². The zero-order valence-corrected chi connectivity index (χ0v) is 14.0. The number of rotatable bonds is 2. The van der Waals surface area contributed by atoms with Crippen LogP contribution in [-0.4, -0.2) is 21.6 Å². The van der Waals surface area contributed by atoms with Crippen LogP contribution in [0.4, 0.5) is 5.69 Å². The molecule has 4 nitrogen and oxygen atoms in total. The van der Waals surface area contributed by atoms with Crippen molar-refractivity contribution in [3.63, 3.8) is 0 Å². The highest BCUT2D eigenvalue weighted by Crippen LogP contribution is 2.35. The molecule has 0 saturated carbocycles. The van der Waals surface area contributed by atoms with Gasteiger partial charge in [-0.05, 0) is 46.3 Å². The molecule has 2 aromatic carbocycles. The summed E-state index contributed by atoms with van der Waals surface area (Å²) in [5, 5.41) is 0.469. The molecule has 0 spiro atoms. The minimum Gasteiger partial charge on any atom is -0.489 e. The molecule has 1 aliphatic heterocycles. The summed E-state index contributed by atoms with van der Waals surface area (Å²) in [6.45, 7) is 0.602. The SMILES string of the molecule is O=S(=O)(c1ccc(Cl)c(Br)c1)N1CCOc2ccccc21. The monoisotopic (exact) mass is 387 g/mol. The van der Waals surface area contributed by atoms with Gasteiger partial charge in [0.05, 0.1) is 22.2 Å². The molecule has 0 atom stereocenters. The molecule has 21 heavy (non-hydrogen) atoms. The van der Waals surface area contributed by atoms with Crippen molar-refractivity contribution >= 4 is 43.2 Å². The molecular formula is C14H11BrClNO3S. The summed E-state index contributed by atoms with van der Waals surface area (Å²) in [4.78, 5) is 0.190. The van der Waals surface area contributed by atoms with E-state index in [0.29, 0.717) is 27.5 Å². The summed E-state index contributed by atoms with van der Waals surface area (Å²) < 4.78 is 33.0. The van der Waals surface area contributed by atoms with Crippen molar-refractivity contribution in [2.24, 2.45) is 0 Å². The van der Waals surface area contributed by atoms with Crippen LogP contribution in [0.15, 0.2) is 51.8 Å². The van der Waals surface area contributed by atoms with E-state index >= 15 is 0 Å². The van der Waals surface area contributed by atoms with Gasteiger partial charge < -0.3 is 4.74 Å². The Labute approximate surface area is 136 Å². The lowest BCUT2D eigenvalue weighted by molar-refractivity contribution is 0.316. The third-order valence-electron chi connectivity index (χ3n) is 3.16. The summed E-state index contributed by atoms with van der Waals surface area (Å²) in [6.07, 6.45) is 0. The summed E-state index contributed by atoms with van der Waals surface area (Å²) in [6, 6.07) is 11.7. The first-order valence-corrected chi connectivity index (χ1v) is 8.81. The normalized spacial score (nSPS) is 14.5. The Morgan fingerprint density at radius 1 is 1.19 bits per heavy atom. The van der Waals surface area contributed by atoms with Gasteiger partial charge >= 0.3 is 0 Å². The Hall–Kier alpha value is -1.24. The van der Waals surface area contributed by atoms with Gasteiger partial charge in [-0.1, -0.05) is 23.7 Å². The lowest BCUT2D eigenvalue weighted by Crippen LogP contribution is -2.37. The number of nitrogens with zero attached hydrogens (tertiary/aromatic N) is 1. The molecule has 0 amide bonds.